The van der Waals surface area contributed by atoms with Gasteiger partial charge in [-0.1, -0.05) is 12.1 Å². The van der Waals surface area contributed by atoms with E-state index in [2.05, 4.69) is 10.3 Å². The second-order valence-corrected chi connectivity index (χ2v) is 6.20. The summed E-state index contributed by atoms with van der Waals surface area (Å²) in [6.07, 6.45) is -0.0117. The fraction of sp³-hybridized carbons (Fsp3) is 0.267. The van der Waals surface area contributed by atoms with E-state index in [1.165, 1.54) is 18.2 Å². The number of thiazole rings is 1. The van der Waals surface area contributed by atoms with Crippen molar-refractivity contribution in [3.63, 3.8) is 0 Å². The average Bonchev–Trinajstić information content (AvgIpc) is 2.89. The Labute approximate surface area is 141 Å². The second kappa shape index (κ2) is 7.18. The number of nitro groups is 1. The molecule has 24 heavy (non-hydrogen) atoms. The Kier molecular flexibility index (Phi) is 5.24. The molecule has 0 fully saturated rings. The molecule has 2 aromatic rings. The molecule has 1 aromatic carbocycles. The van der Waals surface area contributed by atoms with E-state index in [9.17, 15) is 19.7 Å². The number of carboxylic acid groups (broad SMARTS) is 1. The van der Waals surface area contributed by atoms with Crippen molar-refractivity contribution < 1.29 is 19.6 Å². The number of aromatic nitrogens is 1. The number of aryl methyl sites for hydroxylation is 1. The van der Waals surface area contributed by atoms with Crippen LogP contribution in [0.1, 0.15) is 38.9 Å². The van der Waals surface area contributed by atoms with Gasteiger partial charge in [0, 0.05) is 12.1 Å². The normalized spacial score (nSPS) is 11.8. The number of non-ortho nitro benzene ring substituents is 1. The summed E-state index contributed by atoms with van der Waals surface area (Å²) in [5, 5.41) is 23.0. The van der Waals surface area contributed by atoms with Crippen molar-refractivity contribution >= 4 is 28.9 Å². The van der Waals surface area contributed by atoms with Crippen molar-refractivity contribution in [2.45, 2.75) is 26.3 Å². The first kappa shape index (κ1) is 17.5. The number of hydrogen-bond donors (Lipinski definition) is 2. The maximum Gasteiger partial charge on any atom is 0.347 e. The van der Waals surface area contributed by atoms with Gasteiger partial charge in [-0.2, -0.15) is 0 Å². The molecule has 0 aliphatic heterocycles. The lowest BCUT2D eigenvalue weighted by Crippen LogP contribution is -2.28. The number of carbonyl (C=O) groups is 2. The largest absolute Gasteiger partial charge is 0.477 e. The molecule has 0 aliphatic carbocycles. The molecule has 2 rings (SSSR count). The number of nitro benzene ring substituents is 1. The minimum Gasteiger partial charge on any atom is -0.477 e. The van der Waals surface area contributed by atoms with Crippen LogP contribution in [0.4, 0.5) is 5.69 Å². The Bertz CT molecular complexity index is 802. The van der Waals surface area contributed by atoms with E-state index in [0.29, 0.717) is 16.3 Å². The van der Waals surface area contributed by atoms with Gasteiger partial charge in [0.25, 0.3) is 5.69 Å². The van der Waals surface area contributed by atoms with Gasteiger partial charge in [-0.05, 0) is 19.4 Å². The number of carboxylic acids is 1. The molecular formula is C15H15N3O5S. The van der Waals surface area contributed by atoms with Crippen molar-refractivity contribution in [2.24, 2.45) is 0 Å². The van der Waals surface area contributed by atoms with E-state index in [0.717, 1.165) is 11.3 Å². The summed E-state index contributed by atoms with van der Waals surface area (Å²) < 4.78 is 0. The minimum atomic E-state index is -1.05. The Morgan fingerprint density at radius 3 is 2.75 bits per heavy atom. The molecule has 1 amide bonds. The highest BCUT2D eigenvalue weighted by molar-refractivity contribution is 7.13. The standard InChI is InChI=1S/C15H15N3O5S/c1-8-13(15(20)21)24-14(17-8)9(2)16-12(19)7-10-4-3-5-11(6-10)18(22)23/h3-6,9H,7H2,1-2H3,(H,16,19)(H,20,21). The van der Waals surface area contributed by atoms with E-state index in [1.54, 1.807) is 19.9 Å². The summed E-state index contributed by atoms with van der Waals surface area (Å²) in [6.45, 7) is 3.30. The lowest BCUT2D eigenvalue weighted by atomic mass is 10.1. The topological polar surface area (TPSA) is 122 Å². The highest BCUT2D eigenvalue weighted by Gasteiger charge is 2.19. The maximum absolute atomic E-state index is 12.1. The third-order valence-corrected chi connectivity index (χ3v) is 4.57. The van der Waals surface area contributed by atoms with Gasteiger partial charge < -0.3 is 10.4 Å². The van der Waals surface area contributed by atoms with E-state index in [1.807, 2.05) is 0 Å². The van der Waals surface area contributed by atoms with E-state index >= 15 is 0 Å². The summed E-state index contributed by atoms with van der Waals surface area (Å²) >= 11 is 1.02. The highest BCUT2D eigenvalue weighted by atomic mass is 32.1. The van der Waals surface area contributed by atoms with E-state index < -0.39 is 16.9 Å². The van der Waals surface area contributed by atoms with Crippen LogP contribution >= 0.6 is 11.3 Å². The monoisotopic (exact) mass is 349 g/mol. The van der Waals surface area contributed by atoms with Crippen molar-refractivity contribution in [3.8, 4) is 0 Å². The predicted octanol–water partition coefficient (Wildman–Crippen LogP) is 2.48. The summed E-state index contributed by atoms with van der Waals surface area (Å²) in [4.78, 5) is 37.6. The minimum absolute atomic E-state index is 0.0117. The molecule has 1 heterocycles. The molecule has 8 nitrogen and oxygen atoms in total. The van der Waals surface area contributed by atoms with Crippen molar-refractivity contribution in [1.29, 1.82) is 0 Å². The molecule has 0 saturated carbocycles. The molecule has 1 aromatic heterocycles. The van der Waals surface area contributed by atoms with Gasteiger partial charge in [-0.15, -0.1) is 11.3 Å². The molecule has 0 spiro atoms. The molecule has 0 bridgehead atoms. The van der Waals surface area contributed by atoms with Crippen molar-refractivity contribution in [1.82, 2.24) is 10.3 Å². The summed E-state index contributed by atoms with van der Waals surface area (Å²) in [6, 6.07) is 5.41. The first-order chi connectivity index (χ1) is 11.3. The van der Waals surface area contributed by atoms with Crippen LogP contribution in [-0.2, 0) is 11.2 Å². The molecule has 0 aliphatic rings. The summed E-state index contributed by atoms with van der Waals surface area (Å²) in [7, 11) is 0. The molecule has 0 radical (unpaired) electrons. The quantitative estimate of drug-likeness (QED) is 0.610. The number of aromatic carboxylic acids is 1. The summed E-state index contributed by atoms with van der Waals surface area (Å²) in [5.41, 5.74) is 0.854. The molecule has 126 valence electrons. The SMILES string of the molecule is Cc1nc(C(C)NC(=O)Cc2cccc([N+](=O)[O-])c2)sc1C(=O)O. The number of nitrogens with one attached hydrogen (secondary N) is 1. The van der Waals surface area contributed by atoms with Crippen LogP contribution in [0.2, 0.25) is 0 Å². The number of nitrogens with zero attached hydrogens (tertiary/aromatic N) is 2. The summed E-state index contributed by atoms with van der Waals surface area (Å²) in [5.74, 6) is -1.38. The van der Waals surface area contributed by atoms with Crippen LogP contribution in [-0.4, -0.2) is 26.9 Å². The van der Waals surface area contributed by atoms with Crippen molar-refractivity contribution in [2.75, 3.05) is 0 Å². The third kappa shape index (κ3) is 4.13. The number of amides is 1. The second-order valence-electron chi connectivity index (χ2n) is 5.16. The fourth-order valence-corrected chi connectivity index (χ4v) is 3.03. The lowest BCUT2D eigenvalue weighted by molar-refractivity contribution is -0.384. The van der Waals surface area contributed by atoms with Crippen LogP contribution in [0, 0.1) is 17.0 Å². The zero-order valence-electron chi connectivity index (χ0n) is 13.0. The zero-order valence-corrected chi connectivity index (χ0v) is 13.8. The first-order valence-corrected chi connectivity index (χ1v) is 7.83. The van der Waals surface area contributed by atoms with Gasteiger partial charge in [-0.25, -0.2) is 9.78 Å². The van der Waals surface area contributed by atoms with Gasteiger partial charge in [-0.3, -0.25) is 14.9 Å². The molecule has 0 saturated heterocycles. The molecule has 1 unspecified atom stereocenters. The number of rotatable bonds is 6. The highest BCUT2D eigenvalue weighted by Crippen LogP contribution is 2.23. The van der Waals surface area contributed by atoms with Gasteiger partial charge in [0.05, 0.1) is 23.1 Å². The Morgan fingerprint density at radius 2 is 2.17 bits per heavy atom. The van der Waals surface area contributed by atoms with Gasteiger partial charge in [0.2, 0.25) is 5.91 Å². The van der Waals surface area contributed by atoms with Crippen LogP contribution < -0.4 is 5.32 Å². The predicted molar refractivity (Wildman–Crippen MR) is 87.2 cm³/mol. The molecular weight excluding hydrogens is 334 g/mol. The van der Waals surface area contributed by atoms with Gasteiger partial charge in [0.1, 0.15) is 9.88 Å². The van der Waals surface area contributed by atoms with Crippen molar-refractivity contribution in [3.05, 3.63) is 55.5 Å². The zero-order chi connectivity index (χ0) is 17.9. The Hall–Kier alpha value is -2.81. The van der Waals surface area contributed by atoms with E-state index in [-0.39, 0.29) is 22.9 Å². The number of carbonyl (C=O) groups excluding carboxylic acids is 1. The molecule has 2 N–H and O–H groups in total. The number of hydrogen-bond acceptors (Lipinski definition) is 6. The van der Waals surface area contributed by atoms with Gasteiger partial charge >= 0.3 is 5.97 Å². The van der Waals surface area contributed by atoms with E-state index in [4.69, 9.17) is 5.11 Å². The molecule has 9 heteroatoms. The fourth-order valence-electron chi connectivity index (χ4n) is 2.12. The average molecular weight is 349 g/mol. The Morgan fingerprint density at radius 1 is 1.46 bits per heavy atom. The lowest BCUT2D eigenvalue weighted by Gasteiger charge is -2.11. The third-order valence-electron chi connectivity index (χ3n) is 3.24. The first-order valence-electron chi connectivity index (χ1n) is 7.01. The molecule has 1 atom stereocenters. The van der Waals surface area contributed by atoms with Crippen LogP contribution in [0.5, 0.6) is 0 Å². The van der Waals surface area contributed by atoms with Gasteiger partial charge in [0.15, 0.2) is 0 Å². The Balaban J connectivity index is 2.04. The van der Waals surface area contributed by atoms with Crippen LogP contribution in [0.3, 0.4) is 0 Å². The smallest absolute Gasteiger partial charge is 0.347 e. The maximum atomic E-state index is 12.1. The van der Waals surface area contributed by atoms with Crippen LogP contribution in [0.25, 0.3) is 0 Å². The number of benzene rings is 1. The van der Waals surface area contributed by atoms with Crippen LogP contribution in [0.15, 0.2) is 24.3 Å².